The number of hydrogen-bond acceptors (Lipinski definition) is 5. The number of rotatable bonds is 8. The van der Waals surface area contributed by atoms with Crippen LogP contribution in [0.1, 0.15) is 29.6 Å². The fourth-order valence-electron chi connectivity index (χ4n) is 1.48. The topological polar surface area (TPSA) is 86.5 Å². The van der Waals surface area contributed by atoms with Gasteiger partial charge in [-0.2, -0.15) is 0 Å². The molecule has 0 fully saturated rings. The van der Waals surface area contributed by atoms with Crippen LogP contribution >= 0.6 is 11.6 Å². The molecule has 6 nitrogen and oxygen atoms in total. The molecule has 0 amide bonds. The predicted octanol–water partition coefficient (Wildman–Crippen LogP) is 2.72. The number of carbonyl (C=O) groups is 2. The van der Waals surface area contributed by atoms with Crippen molar-refractivity contribution in [1.82, 2.24) is 0 Å². The highest BCUT2D eigenvalue weighted by Gasteiger charge is 2.17. The van der Waals surface area contributed by atoms with E-state index < -0.39 is 10.2 Å². The van der Waals surface area contributed by atoms with Crippen molar-refractivity contribution in [3.63, 3.8) is 0 Å². The smallest absolute Gasteiger partial charge is 0.283 e. The Bertz CT molecular complexity index is 489. The van der Waals surface area contributed by atoms with Crippen LogP contribution in [0.15, 0.2) is 18.2 Å². The predicted molar refractivity (Wildman–Crippen MR) is 68.7 cm³/mol. The number of carbonyl (C=O) groups excluding carboxylic acids is 2. The largest absolute Gasteiger partial charge is 0.493 e. The van der Waals surface area contributed by atoms with Gasteiger partial charge in [0.2, 0.25) is 5.24 Å². The highest BCUT2D eigenvalue weighted by Crippen LogP contribution is 2.26. The van der Waals surface area contributed by atoms with Crippen LogP contribution in [0.25, 0.3) is 0 Å². The Morgan fingerprint density at radius 1 is 1.42 bits per heavy atom. The van der Waals surface area contributed by atoms with E-state index in [1.165, 1.54) is 18.2 Å². The van der Waals surface area contributed by atoms with E-state index in [1.807, 2.05) is 0 Å². The third-order valence-electron chi connectivity index (χ3n) is 2.38. The molecule has 0 aliphatic heterocycles. The molecule has 1 aromatic carbocycles. The van der Waals surface area contributed by atoms with Crippen LogP contribution in [-0.4, -0.2) is 23.1 Å². The molecule has 1 rings (SSSR count). The number of benzene rings is 1. The minimum Gasteiger partial charge on any atom is -0.493 e. The van der Waals surface area contributed by atoms with Gasteiger partial charge < -0.3 is 4.74 Å². The van der Waals surface area contributed by atoms with Crippen molar-refractivity contribution in [2.24, 2.45) is 0 Å². The lowest BCUT2D eigenvalue weighted by Gasteiger charge is -2.07. The van der Waals surface area contributed by atoms with E-state index in [4.69, 9.17) is 16.3 Å². The van der Waals surface area contributed by atoms with Crippen LogP contribution in [0.3, 0.4) is 0 Å². The Kier molecular flexibility index (Phi) is 5.95. The fourth-order valence-corrected chi connectivity index (χ4v) is 1.62. The van der Waals surface area contributed by atoms with Gasteiger partial charge in [-0.05, 0) is 30.5 Å². The number of nitro groups is 1. The van der Waals surface area contributed by atoms with Gasteiger partial charge in [-0.3, -0.25) is 19.7 Å². The maximum absolute atomic E-state index is 10.9. The Morgan fingerprint density at radius 2 is 2.16 bits per heavy atom. The number of ether oxygens (including phenoxy) is 1. The Morgan fingerprint density at radius 3 is 2.74 bits per heavy atom. The van der Waals surface area contributed by atoms with E-state index in [0.717, 1.165) is 0 Å². The van der Waals surface area contributed by atoms with Crippen LogP contribution in [0, 0.1) is 10.1 Å². The summed E-state index contributed by atoms with van der Waals surface area (Å²) < 4.78 is 5.31. The number of halogens is 1. The van der Waals surface area contributed by atoms with Gasteiger partial charge in [-0.15, -0.1) is 0 Å². The summed E-state index contributed by atoms with van der Waals surface area (Å²) in [7, 11) is 0. The van der Waals surface area contributed by atoms with E-state index in [2.05, 4.69) is 0 Å². The Hall–Kier alpha value is -1.95. The van der Waals surface area contributed by atoms with Crippen LogP contribution in [0.5, 0.6) is 5.75 Å². The number of hydrogen-bond donors (Lipinski definition) is 0. The lowest BCUT2D eigenvalue weighted by Crippen LogP contribution is -2.03. The monoisotopic (exact) mass is 285 g/mol. The summed E-state index contributed by atoms with van der Waals surface area (Å²) in [5, 5.41) is 10.3. The van der Waals surface area contributed by atoms with E-state index in [-0.39, 0.29) is 30.0 Å². The van der Waals surface area contributed by atoms with Crippen molar-refractivity contribution < 1.29 is 19.2 Å². The van der Waals surface area contributed by atoms with Gasteiger partial charge in [0.1, 0.15) is 11.3 Å². The van der Waals surface area contributed by atoms with Crippen molar-refractivity contribution in [3.05, 3.63) is 33.9 Å². The molecular formula is C12H12ClNO5. The van der Waals surface area contributed by atoms with Crippen LogP contribution in [0.4, 0.5) is 5.69 Å². The summed E-state index contributed by atoms with van der Waals surface area (Å²) in [6, 6.07) is 4.18. The maximum Gasteiger partial charge on any atom is 0.283 e. The summed E-state index contributed by atoms with van der Waals surface area (Å²) >= 11 is 5.18. The molecule has 0 heterocycles. The lowest BCUT2D eigenvalue weighted by atomic mass is 10.2. The maximum atomic E-state index is 10.9. The number of nitrogens with zero attached hydrogens (tertiary/aromatic N) is 1. The molecule has 0 saturated heterocycles. The van der Waals surface area contributed by atoms with Gasteiger partial charge in [0.05, 0.1) is 11.5 Å². The number of aldehydes is 1. The fraction of sp³-hybridized carbons (Fsp3) is 0.333. The third kappa shape index (κ3) is 4.67. The second-order valence-corrected chi connectivity index (χ2v) is 4.15. The number of nitro benzene ring substituents is 1. The van der Waals surface area contributed by atoms with E-state index in [9.17, 15) is 19.7 Å². The van der Waals surface area contributed by atoms with Crippen molar-refractivity contribution in [2.45, 2.75) is 19.3 Å². The highest BCUT2D eigenvalue weighted by atomic mass is 35.5. The quantitative estimate of drug-likeness (QED) is 0.241. The standard InChI is InChI=1S/C12H12ClNO5/c13-12(16)6-1-2-7-19-11-5-3-4-10(14(17)18)9(11)8-15/h3-5,8H,1-2,6-7H2. The van der Waals surface area contributed by atoms with Crippen LogP contribution in [-0.2, 0) is 4.79 Å². The summed E-state index contributed by atoms with van der Waals surface area (Å²) in [4.78, 5) is 31.5. The molecule has 0 unspecified atom stereocenters. The van der Waals surface area contributed by atoms with Gasteiger partial charge in [0, 0.05) is 12.5 Å². The summed E-state index contributed by atoms with van der Waals surface area (Å²) in [6.45, 7) is 0.256. The molecule has 0 saturated carbocycles. The van der Waals surface area contributed by atoms with Gasteiger partial charge in [-0.1, -0.05) is 6.07 Å². The highest BCUT2D eigenvalue weighted by molar-refractivity contribution is 6.63. The molecule has 7 heteroatoms. The van der Waals surface area contributed by atoms with Crippen LogP contribution < -0.4 is 4.74 Å². The zero-order valence-corrected chi connectivity index (χ0v) is 10.8. The van der Waals surface area contributed by atoms with Gasteiger partial charge in [-0.25, -0.2) is 0 Å². The van der Waals surface area contributed by atoms with Crippen molar-refractivity contribution in [1.29, 1.82) is 0 Å². The molecule has 1 aromatic rings. The first-order valence-electron chi connectivity index (χ1n) is 5.60. The molecule has 0 aliphatic rings. The molecule has 0 atom stereocenters. The molecule has 102 valence electrons. The summed E-state index contributed by atoms with van der Waals surface area (Å²) in [5.74, 6) is 0.168. The SMILES string of the molecule is O=Cc1c(OCCCCC(=O)Cl)cccc1[N+](=O)[O-]. The molecular weight excluding hydrogens is 274 g/mol. The average molecular weight is 286 g/mol. The van der Waals surface area contributed by atoms with E-state index in [1.54, 1.807) is 0 Å². The molecule has 0 radical (unpaired) electrons. The molecule has 19 heavy (non-hydrogen) atoms. The molecule has 0 aromatic heterocycles. The first-order valence-corrected chi connectivity index (χ1v) is 5.97. The first kappa shape index (κ1) is 15.1. The van der Waals surface area contributed by atoms with Crippen molar-refractivity contribution in [3.8, 4) is 5.75 Å². The molecule has 0 N–H and O–H groups in total. The van der Waals surface area contributed by atoms with Gasteiger partial charge >= 0.3 is 0 Å². The van der Waals surface area contributed by atoms with E-state index in [0.29, 0.717) is 19.1 Å². The first-order chi connectivity index (χ1) is 9.06. The molecule has 0 bridgehead atoms. The zero-order chi connectivity index (χ0) is 14.3. The van der Waals surface area contributed by atoms with E-state index >= 15 is 0 Å². The molecule has 0 aliphatic carbocycles. The summed E-state index contributed by atoms with van der Waals surface area (Å²) in [6.07, 6.45) is 1.78. The van der Waals surface area contributed by atoms with Gasteiger partial charge in [0.15, 0.2) is 6.29 Å². The minimum atomic E-state index is -0.636. The van der Waals surface area contributed by atoms with Crippen LogP contribution in [0.2, 0.25) is 0 Å². The lowest BCUT2D eigenvalue weighted by molar-refractivity contribution is -0.385. The second-order valence-electron chi connectivity index (χ2n) is 3.72. The number of unbranched alkanes of at least 4 members (excludes halogenated alkanes) is 1. The van der Waals surface area contributed by atoms with Gasteiger partial charge in [0.25, 0.3) is 5.69 Å². The third-order valence-corrected chi connectivity index (χ3v) is 2.57. The van der Waals surface area contributed by atoms with Crippen molar-refractivity contribution >= 4 is 28.8 Å². The Balaban J connectivity index is 2.63. The average Bonchev–Trinajstić information content (AvgIpc) is 2.37. The molecule has 0 spiro atoms. The summed E-state index contributed by atoms with van der Waals surface area (Å²) in [5.41, 5.74) is -0.371. The minimum absolute atomic E-state index is 0.0825. The Labute approximate surface area is 114 Å². The zero-order valence-electron chi connectivity index (χ0n) is 10.0. The second kappa shape index (κ2) is 7.48. The van der Waals surface area contributed by atoms with Crippen molar-refractivity contribution in [2.75, 3.05) is 6.61 Å². The normalized spacial score (nSPS) is 9.95.